The van der Waals surface area contributed by atoms with Crippen molar-refractivity contribution in [3.63, 3.8) is 0 Å². The first-order valence-electron chi connectivity index (χ1n) is 5.30. The maximum absolute atomic E-state index is 11.3. The molecule has 0 aromatic rings. The predicted molar refractivity (Wildman–Crippen MR) is 54.6 cm³/mol. The Kier molecular flexibility index (Phi) is 4.35. The lowest BCUT2D eigenvalue weighted by molar-refractivity contribution is -0.123. The summed E-state index contributed by atoms with van der Waals surface area (Å²) in [6, 6.07) is -0.165. The topological polar surface area (TPSA) is 75.4 Å². The first-order chi connectivity index (χ1) is 6.63. The minimum absolute atomic E-state index is 0.0718. The molecule has 1 rings (SSSR count). The lowest BCUT2D eigenvalue weighted by Gasteiger charge is -2.28. The molecule has 1 amide bonds. The molecule has 0 aromatic carbocycles. The van der Waals surface area contributed by atoms with Crippen LogP contribution >= 0.6 is 0 Å². The van der Waals surface area contributed by atoms with E-state index in [1.54, 1.807) is 6.92 Å². The Bertz CT molecular complexity index is 187. The Labute approximate surface area is 84.9 Å². The van der Waals surface area contributed by atoms with Gasteiger partial charge in [0.25, 0.3) is 0 Å². The molecule has 4 heteroatoms. The SMILES string of the molecule is CC(N)C(=O)NC1CCC(CO)CC1. The third-order valence-electron chi connectivity index (χ3n) is 2.86. The van der Waals surface area contributed by atoms with Crippen LogP contribution in [0.5, 0.6) is 0 Å². The minimum Gasteiger partial charge on any atom is -0.396 e. The smallest absolute Gasteiger partial charge is 0.236 e. The van der Waals surface area contributed by atoms with Crippen LogP contribution in [0, 0.1) is 5.92 Å². The van der Waals surface area contributed by atoms with Gasteiger partial charge in [-0.15, -0.1) is 0 Å². The van der Waals surface area contributed by atoms with E-state index < -0.39 is 6.04 Å². The lowest BCUT2D eigenvalue weighted by atomic mass is 9.86. The summed E-state index contributed by atoms with van der Waals surface area (Å²) in [6.07, 6.45) is 3.92. The van der Waals surface area contributed by atoms with E-state index in [-0.39, 0.29) is 18.6 Å². The van der Waals surface area contributed by atoms with Crippen molar-refractivity contribution in [2.75, 3.05) is 6.61 Å². The maximum Gasteiger partial charge on any atom is 0.236 e. The van der Waals surface area contributed by atoms with Crippen molar-refractivity contribution >= 4 is 5.91 Å². The summed E-state index contributed by atoms with van der Waals surface area (Å²) in [4.78, 5) is 11.3. The monoisotopic (exact) mass is 200 g/mol. The quantitative estimate of drug-likeness (QED) is 0.600. The largest absolute Gasteiger partial charge is 0.396 e. The highest BCUT2D eigenvalue weighted by molar-refractivity contribution is 5.81. The number of amides is 1. The van der Waals surface area contributed by atoms with Gasteiger partial charge in [0.15, 0.2) is 0 Å². The minimum atomic E-state index is -0.425. The van der Waals surface area contributed by atoms with Gasteiger partial charge >= 0.3 is 0 Å². The molecular weight excluding hydrogens is 180 g/mol. The van der Waals surface area contributed by atoms with Gasteiger partial charge in [0.1, 0.15) is 0 Å². The highest BCUT2D eigenvalue weighted by atomic mass is 16.3. The third-order valence-corrected chi connectivity index (χ3v) is 2.86. The van der Waals surface area contributed by atoms with Gasteiger partial charge in [-0.1, -0.05) is 0 Å². The molecule has 0 bridgehead atoms. The molecule has 0 aromatic heterocycles. The van der Waals surface area contributed by atoms with Gasteiger partial charge in [0.2, 0.25) is 5.91 Å². The number of carbonyl (C=O) groups is 1. The standard InChI is InChI=1S/C10H20N2O2/c1-7(11)10(14)12-9-4-2-8(6-13)3-5-9/h7-9,13H,2-6,11H2,1H3,(H,12,14). The molecule has 4 N–H and O–H groups in total. The third kappa shape index (κ3) is 3.27. The van der Waals surface area contributed by atoms with Crippen LogP contribution in [-0.4, -0.2) is 29.7 Å². The van der Waals surface area contributed by atoms with Crippen LogP contribution in [-0.2, 0) is 4.79 Å². The van der Waals surface area contributed by atoms with Crippen molar-refractivity contribution in [2.24, 2.45) is 11.7 Å². The van der Waals surface area contributed by atoms with Crippen molar-refractivity contribution in [1.29, 1.82) is 0 Å². The van der Waals surface area contributed by atoms with E-state index in [1.807, 2.05) is 0 Å². The highest BCUT2D eigenvalue weighted by Crippen LogP contribution is 2.23. The van der Waals surface area contributed by atoms with E-state index in [9.17, 15) is 4.79 Å². The molecule has 14 heavy (non-hydrogen) atoms. The Morgan fingerprint density at radius 2 is 2.07 bits per heavy atom. The van der Waals surface area contributed by atoms with Gasteiger partial charge in [0, 0.05) is 12.6 Å². The molecule has 1 unspecified atom stereocenters. The van der Waals surface area contributed by atoms with E-state index in [0.717, 1.165) is 25.7 Å². The molecule has 1 aliphatic rings. The first kappa shape index (κ1) is 11.5. The van der Waals surface area contributed by atoms with E-state index in [0.29, 0.717) is 5.92 Å². The summed E-state index contributed by atoms with van der Waals surface area (Å²) in [5.74, 6) is 0.357. The van der Waals surface area contributed by atoms with Crippen LogP contribution in [0.3, 0.4) is 0 Å². The van der Waals surface area contributed by atoms with Crippen LogP contribution in [0.1, 0.15) is 32.6 Å². The number of aliphatic hydroxyl groups is 1. The second-order valence-corrected chi connectivity index (χ2v) is 4.20. The van der Waals surface area contributed by atoms with Gasteiger partial charge < -0.3 is 16.2 Å². The fourth-order valence-electron chi connectivity index (χ4n) is 1.82. The summed E-state index contributed by atoms with van der Waals surface area (Å²) in [5.41, 5.74) is 5.45. The van der Waals surface area contributed by atoms with Crippen molar-refractivity contribution in [2.45, 2.75) is 44.7 Å². The van der Waals surface area contributed by atoms with E-state index >= 15 is 0 Å². The van der Waals surface area contributed by atoms with Crippen molar-refractivity contribution < 1.29 is 9.90 Å². The highest BCUT2D eigenvalue weighted by Gasteiger charge is 2.22. The number of rotatable bonds is 3. The lowest BCUT2D eigenvalue weighted by Crippen LogP contribution is -2.45. The molecule has 1 atom stereocenters. The van der Waals surface area contributed by atoms with Gasteiger partial charge in [-0.2, -0.15) is 0 Å². The molecule has 1 saturated carbocycles. The molecule has 0 saturated heterocycles. The zero-order chi connectivity index (χ0) is 10.6. The van der Waals surface area contributed by atoms with Gasteiger partial charge in [-0.3, -0.25) is 4.79 Å². The molecule has 1 fully saturated rings. The van der Waals surface area contributed by atoms with Crippen LogP contribution in [0.2, 0.25) is 0 Å². The molecule has 82 valence electrons. The van der Waals surface area contributed by atoms with Gasteiger partial charge in [-0.05, 0) is 38.5 Å². The fraction of sp³-hybridized carbons (Fsp3) is 0.900. The van der Waals surface area contributed by atoms with Crippen molar-refractivity contribution in [3.8, 4) is 0 Å². The Morgan fingerprint density at radius 1 is 1.50 bits per heavy atom. The number of nitrogens with one attached hydrogen (secondary N) is 1. The summed E-state index contributed by atoms with van der Waals surface area (Å²) >= 11 is 0. The number of nitrogens with two attached hydrogens (primary N) is 1. The second kappa shape index (κ2) is 5.32. The zero-order valence-electron chi connectivity index (χ0n) is 8.70. The maximum atomic E-state index is 11.3. The Morgan fingerprint density at radius 3 is 2.50 bits per heavy atom. The van der Waals surface area contributed by atoms with Crippen LogP contribution < -0.4 is 11.1 Å². The Balaban J connectivity index is 2.25. The number of carbonyl (C=O) groups excluding carboxylic acids is 1. The fourth-order valence-corrected chi connectivity index (χ4v) is 1.82. The summed E-state index contributed by atoms with van der Waals surface area (Å²) in [5, 5.41) is 11.9. The van der Waals surface area contributed by atoms with Gasteiger partial charge in [0.05, 0.1) is 6.04 Å². The normalized spacial score (nSPS) is 29.6. The summed E-state index contributed by atoms with van der Waals surface area (Å²) < 4.78 is 0. The molecule has 4 nitrogen and oxygen atoms in total. The molecule has 1 aliphatic carbocycles. The van der Waals surface area contributed by atoms with Crippen LogP contribution in [0.4, 0.5) is 0 Å². The molecule has 0 aliphatic heterocycles. The van der Waals surface area contributed by atoms with Crippen LogP contribution in [0.15, 0.2) is 0 Å². The zero-order valence-corrected chi connectivity index (χ0v) is 8.70. The summed E-state index contributed by atoms with van der Waals surface area (Å²) in [6.45, 7) is 1.96. The first-order valence-corrected chi connectivity index (χ1v) is 5.30. The number of hydrogen-bond acceptors (Lipinski definition) is 3. The average Bonchev–Trinajstić information content (AvgIpc) is 2.19. The van der Waals surface area contributed by atoms with Crippen LogP contribution in [0.25, 0.3) is 0 Å². The number of hydrogen-bond donors (Lipinski definition) is 3. The van der Waals surface area contributed by atoms with E-state index in [4.69, 9.17) is 10.8 Å². The molecule has 0 radical (unpaired) electrons. The molecular formula is C10H20N2O2. The van der Waals surface area contributed by atoms with Crippen molar-refractivity contribution in [3.05, 3.63) is 0 Å². The average molecular weight is 200 g/mol. The van der Waals surface area contributed by atoms with E-state index in [2.05, 4.69) is 5.32 Å². The second-order valence-electron chi connectivity index (χ2n) is 4.20. The number of aliphatic hydroxyl groups excluding tert-OH is 1. The summed E-state index contributed by atoms with van der Waals surface area (Å²) in [7, 11) is 0. The van der Waals surface area contributed by atoms with E-state index in [1.165, 1.54) is 0 Å². The van der Waals surface area contributed by atoms with Gasteiger partial charge in [-0.25, -0.2) is 0 Å². The van der Waals surface area contributed by atoms with Crippen molar-refractivity contribution in [1.82, 2.24) is 5.32 Å². The molecule has 0 heterocycles. The molecule has 0 spiro atoms. The predicted octanol–water partition coefficient (Wildman–Crippen LogP) is 0.000900. The Hall–Kier alpha value is -0.610.